The first-order valence-corrected chi connectivity index (χ1v) is 6.79. The lowest BCUT2D eigenvalue weighted by Crippen LogP contribution is -2.24. The van der Waals surface area contributed by atoms with Crippen LogP contribution < -0.4 is 5.32 Å². The van der Waals surface area contributed by atoms with Gasteiger partial charge in [-0.2, -0.15) is 0 Å². The molecule has 1 unspecified atom stereocenters. The van der Waals surface area contributed by atoms with Gasteiger partial charge in [0.25, 0.3) is 0 Å². The number of furan rings is 1. The summed E-state index contributed by atoms with van der Waals surface area (Å²) in [5.41, 5.74) is 0.881. The third-order valence-corrected chi connectivity index (χ3v) is 3.28. The van der Waals surface area contributed by atoms with Gasteiger partial charge in [0, 0.05) is 12.5 Å². The van der Waals surface area contributed by atoms with Crippen LogP contribution in [0, 0.1) is 5.82 Å². The Kier molecular flexibility index (Phi) is 5.00. The molecule has 0 spiro atoms. The fraction of sp³-hybridized carbons (Fsp3) is 0.333. The van der Waals surface area contributed by atoms with Gasteiger partial charge in [-0.15, -0.1) is 0 Å². The Balaban J connectivity index is 2.18. The summed E-state index contributed by atoms with van der Waals surface area (Å²) in [6.45, 7) is 2.97. The maximum absolute atomic E-state index is 13.6. The van der Waals surface area contributed by atoms with Crippen LogP contribution in [0.1, 0.15) is 30.7 Å². The van der Waals surface area contributed by atoms with Crippen LogP contribution in [0.25, 0.3) is 0 Å². The third-order valence-electron chi connectivity index (χ3n) is 2.97. The van der Waals surface area contributed by atoms with Crippen LogP contribution in [0.15, 0.2) is 41.0 Å². The molecule has 4 heteroatoms. The molecular weight excluding hydrogens is 265 g/mol. The van der Waals surface area contributed by atoms with Crippen LogP contribution in [-0.4, -0.2) is 6.54 Å². The Morgan fingerprint density at radius 3 is 2.84 bits per heavy atom. The van der Waals surface area contributed by atoms with E-state index in [0.717, 1.165) is 24.3 Å². The molecule has 1 aromatic carbocycles. The van der Waals surface area contributed by atoms with E-state index in [1.807, 2.05) is 18.2 Å². The summed E-state index contributed by atoms with van der Waals surface area (Å²) < 4.78 is 18.9. The fourth-order valence-electron chi connectivity index (χ4n) is 1.99. The van der Waals surface area contributed by atoms with E-state index >= 15 is 0 Å². The van der Waals surface area contributed by atoms with Crippen molar-refractivity contribution in [3.05, 3.63) is 58.8 Å². The minimum Gasteiger partial charge on any atom is -0.469 e. The van der Waals surface area contributed by atoms with Gasteiger partial charge in [0.05, 0.1) is 11.3 Å². The number of hydrogen-bond acceptors (Lipinski definition) is 2. The Morgan fingerprint density at radius 2 is 2.21 bits per heavy atom. The molecule has 2 aromatic rings. The normalized spacial score (nSPS) is 12.6. The van der Waals surface area contributed by atoms with Crippen molar-refractivity contribution in [2.24, 2.45) is 0 Å². The molecule has 0 saturated heterocycles. The van der Waals surface area contributed by atoms with Crippen LogP contribution in [-0.2, 0) is 6.42 Å². The Bertz CT molecular complexity index is 513. The first kappa shape index (κ1) is 14.1. The van der Waals surface area contributed by atoms with Gasteiger partial charge in [-0.05, 0) is 42.8 Å². The molecule has 19 heavy (non-hydrogen) atoms. The summed E-state index contributed by atoms with van der Waals surface area (Å²) in [7, 11) is 0. The molecule has 2 rings (SSSR count). The highest BCUT2D eigenvalue weighted by Crippen LogP contribution is 2.23. The molecule has 0 aliphatic rings. The van der Waals surface area contributed by atoms with Crippen molar-refractivity contribution in [1.82, 2.24) is 5.32 Å². The lowest BCUT2D eigenvalue weighted by molar-refractivity contribution is 0.448. The van der Waals surface area contributed by atoms with Gasteiger partial charge in [0.1, 0.15) is 11.6 Å². The van der Waals surface area contributed by atoms with Gasteiger partial charge in [-0.25, -0.2) is 4.39 Å². The molecule has 0 fully saturated rings. The van der Waals surface area contributed by atoms with Crippen molar-refractivity contribution in [3.8, 4) is 0 Å². The summed E-state index contributed by atoms with van der Waals surface area (Å²) >= 11 is 5.72. The van der Waals surface area contributed by atoms with Gasteiger partial charge in [0.15, 0.2) is 0 Å². The van der Waals surface area contributed by atoms with Gasteiger partial charge < -0.3 is 9.73 Å². The van der Waals surface area contributed by atoms with Crippen LogP contribution in [0.3, 0.4) is 0 Å². The number of halogens is 2. The van der Waals surface area contributed by atoms with E-state index in [-0.39, 0.29) is 16.9 Å². The standard InChI is InChI=1S/C15H17ClFNO/c1-2-7-18-15(10-12-4-3-8-19-12)11-5-6-13(16)14(17)9-11/h3-6,8-9,15,18H,2,7,10H2,1H3. The molecule has 102 valence electrons. The van der Waals surface area contributed by atoms with E-state index in [4.69, 9.17) is 16.0 Å². The van der Waals surface area contributed by atoms with Gasteiger partial charge >= 0.3 is 0 Å². The van der Waals surface area contributed by atoms with Crippen LogP contribution in [0.4, 0.5) is 4.39 Å². The second-order valence-electron chi connectivity index (χ2n) is 4.46. The molecule has 1 atom stereocenters. The summed E-state index contributed by atoms with van der Waals surface area (Å²) in [4.78, 5) is 0. The maximum Gasteiger partial charge on any atom is 0.142 e. The minimum atomic E-state index is -0.387. The molecule has 0 radical (unpaired) electrons. The minimum absolute atomic E-state index is 0.0258. The third kappa shape index (κ3) is 3.82. The summed E-state index contributed by atoms with van der Waals surface area (Å²) in [5, 5.41) is 3.55. The zero-order chi connectivity index (χ0) is 13.7. The Hall–Kier alpha value is -1.32. The molecule has 0 aliphatic heterocycles. The predicted molar refractivity (Wildman–Crippen MR) is 74.9 cm³/mol. The van der Waals surface area contributed by atoms with Crippen LogP contribution in [0.5, 0.6) is 0 Å². The Labute approximate surface area is 117 Å². The van der Waals surface area contributed by atoms with E-state index in [0.29, 0.717) is 6.42 Å². The second kappa shape index (κ2) is 6.73. The van der Waals surface area contributed by atoms with Crippen molar-refractivity contribution in [3.63, 3.8) is 0 Å². The monoisotopic (exact) mass is 281 g/mol. The van der Waals surface area contributed by atoms with Crippen LogP contribution >= 0.6 is 11.6 Å². The molecule has 0 amide bonds. The van der Waals surface area contributed by atoms with E-state index in [9.17, 15) is 4.39 Å². The van der Waals surface area contributed by atoms with E-state index < -0.39 is 0 Å². The number of rotatable bonds is 6. The number of hydrogen-bond donors (Lipinski definition) is 1. The van der Waals surface area contributed by atoms with Crippen molar-refractivity contribution >= 4 is 11.6 Å². The molecule has 1 aromatic heterocycles. The van der Waals surface area contributed by atoms with Crippen molar-refractivity contribution in [2.45, 2.75) is 25.8 Å². The van der Waals surface area contributed by atoms with E-state index in [1.165, 1.54) is 6.07 Å². The predicted octanol–water partition coefficient (Wildman–Crippen LogP) is 4.36. The van der Waals surface area contributed by atoms with E-state index in [2.05, 4.69) is 12.2 Å². The summed E-state index contributed by atoms with van der Waals surface area (Å²) in [6.07, 6.45) is 3.35. The number of nitrogens with one attached hydrogen (secondary N) is 1. The average molecular weight is 282 g/mol. The van der Waals surface area contributed by atoms with Crippen molar-refractivity contribution in [2.75, 3.05) is 6.54 Å². The quantitative estimate of drug-likeness (QED) is 0.851. The second-order valence-corrected chi connectivity index (χ2v) is 4.87. The van der Waals surface area contributed by atoms with E-state index in [1.54, 1.807) is 12.3 Å². The maximum atomic E-state index is 13.6. The molecule has 1 N–H and O–H groups in total. The average Bonchev–Trinajstić information content (AvgIpc) is 2.91. The van der Waals surface area contributed by atoms with Crippen LogP contribution in [0.2, 0.25) is 5.02 Å². The van der Waals surface area contributed by atoms with Crippen molar-refractivity contribution in [1.29, 1.82) is 0 Å². The Morgan fingerprint density at radius 1 is 1.37 bits per heavy atom. The zero-order valence-corrected chi connectivity index (χ0v) is 11.6. The first-order chi connectivity index (χ1) is 9.20. The van der Waals surface area contributed by atoms with Crippen molar-refractivity contribution < 1.29 is 8.81 Å². The fourth-order valence-corrected chi connectivity index (χ4v) is 2.10. The SMILES string of the molecule is CCCNC(Cc1ccco1)c1ccc(Cl)c(F)c1. The summed E-state index contributed by atoms with van der Waals surface area (Å²) in [6, 6.07) is 8.73. The number of benzene rings is 1. The summed E-state index contributed by atoms with van der Waals surface area (Å²) in [5.74, 6) is 0.492. The topological polar surface area (TPSA) is 25.2 Å². The lowest BCUT2D eigenvalue weighted by Gasteiger charge is -2.18. The van der Waals surface area contributed by atoms with Gasteiger partial charge in [-0.1, -0.05) is 24.6 Å². The highest BCUT2D eigenvalue weighted by Gasteiger charge is 2.14. The molecular formula is C15H17ClFNO. The molecule has 2 nitrogen and oxygen atoms in total. The molecule has 0 bridgehead atoms. The highest BCUT2D eigenvalue weighted by molar-refractivity contribution is 6.30. The lowest BCUT2D eigenvalue weighted by atomic mass is 10.0. The highest BCUT2D eigenvalue weighted by atomic mass is 35.5. The largest absolute Gasteiger partial charge is 0.469 e. The smallest absolute Gasteiger partial charge is 0.142 e. The van der Waals surface area contributed by atoms with Gasteiger partial charge in [-0.3, -0.25) is 0 Å². The molecule has 0 saturated carbocycles. The molecule has 1 heterocycles. The first-order valence-electron chi connectivity index (χ1n) is 6.41. The van der Waals surface area contributed by atoms with Gasteiger partial charge in [0.2, 0.25) is 0 Å². The zero-order valence-electron chi connectivity index (χ0n) is 10.8. The molecule has 0 aliphatic carbocycles.